The van der Waals surface area contributed by atoms with Gasteiger partial charge in [-0.2, -0.15) is 4.39 Å². The molecule has 2 rings (SSSR count). The van der Waals surface area contributed by atoms with Crippen molar-refractivity contribution in [3.05, 3.63) is 57.8 Å². The number of anilines is 1. The van der Waals surface area contributed by atoms with Gasteiger partial charge in [0.2, 0.25) is 11.6 Å². The summed E-state index contributed by atoms with van der Waals surface area (Å²) in [5, 5.41) is 13.3. The van der Waals surface area contributed by atoms with Crippen molar-refractivity contribution in [3.63, 3.8) is 0 Å². The first-order valence-corrected chi connectivity index (χ1v) is 5.86. The van der Waals surface area contributed by atoms with Gasteiger partial charge in [-0.15, -0.1) is 0 Å². The molecule has 0 saturated heterocycles. The molecule has 1 N–H and O–H groups in total. The number of hydrogen-bond acceptors (Lipinski definition) is 6. The van der Waals surface area contributed by atoms with Crippen LogP contribution in [0.3, 0.4) is 0 Å². The molecule has 0 aliphatic rings. The highest BCUT2D eigenvalue weighted by atomic mass is 19.1. The van der Waals surface area contributed by atoms with E-state index in [4.69, 9.17) is 4.42 Å². The highest BCUT2D eigenvalue weighted by Crippen LogP contribution is 2.21. The molecule has 0 aliphatic carbocycles. The predicted octanol–water partition coefficient (Wildman–Crippen LogP) is 2.73. The summed E-state index contributed by atoms with van der Waals surface area (Å²) in [5.74, 6) is -1.03. The van der Waals surface area contributed by atoms with Crippen LogP contribution >= 0.6 is 0 Å². The number of nitrogens with one attached hydrogen (secondary N) is 1. The fraction of sp³-hybridized carbons (Fsp3) is 0.154. The van der Waals surface area contributed by atoms with E-state index in [1.165, 1.54) is 19.2 Å². The molecular weight excluding hydrogens is 283 g/mol. The maximum absolute atomic E-state index is 13.4. The Morgan fingerprint density at radius 3 is 2.81 bits per heavy atom. The molecule has 0 unspecified atom stereocenters. The number of esters is 1. The Labute approximate surface area is 118 Å². The van der Waals surface area contributed by atoms with Gasteiger partial charge in [-0.05, 0) is 18.2 Å². The minimum absolute atomic E-state index is 0.0594. The van der Waals surface area contributed by atoms with Gasteiger partial charge in [-0.1, -0.05) is 0 Å². The molecule has 21 heavy (non-hydrogen) atoms. The summed E-state index contributed by atoms with van der Waals surface area (Å²) in [6, 6.07) is 6.49. The molecule has 0 aliphatic heterocycles. The van der Waals surface area contributed by atoms with Gasteiger partial charge in [0, 0.05) is 17.8 Å². The molecule has 0 atom stereocenters. The Morgan fingerprint density at radius 1 is 1.43 bits per heavy atom. The number of nitro benzene ring substituents is 1. The molecule has 0 fully saturated rings. The first-order chi connectivity index (χ1) is 10.0. The summed E-state index contributed by atoms with van der Waals surface area (Å²) >= 11 is 0. The lowest BCUT2D eigenvalue weighted by molar-refractivity contribution is -0.387. The van der Waals surface area contributed by atoms with Crippen molar-refractivity contribution in [1.29, 1.82) is 0 Å². The fourth-order valence-electron chi connectivity index (χ4n) is 1.64. The van der Waals surface area contributed by atoms with E-state index in [-0.39, 0.29) is 12.3 Å². The molecule has 0 radical (unpaired) electrons. The fourth-order valence-corrected chi connectivity index (χ4v) is 1.64. The zero-order valence-electron chi connectivity index (χ0n) is 11.0. The molecule has 1 heterocycles. The number of furan rings is 1. The number of methoxy groups -OCH3 is 1. The quantitative estimate of drug-likeness (QED) is 0.517. The second kappa shape index (κ2) is 6.04. The van der Waals surface area contributed by atoms with E-state index in [1.54, 1.807) is 6.07 Å². The van der Waals surface area contributed by atoms with Crippen molar-refractivity contribution in [1.82, 2.24) is 0 Å². The van der Waals surface area contributed by atoms with Crippen LogP contribution in [0, 0.1) is 15.9 Å². The van der Waals surface area contributed by atoms with E-state index < -0.39 is 22.4 Å². The number of nitro groups is 1. The summed E-state index contributed by atoms with van der Waals surface area (Å²) in [6.45, 7) is 0.189. The van der Waals surface area contributed by atoms with Crippen LogP contribution < -0.4 is 5.32 Å². The van der Waals surface area contributed by atoms with Gasteiger partial charge in [-0.25, -0.2) is 4.79 Å². The first kappa shape index (κ1) is 14.5. The second-order valence-electron chi connectivity index (χ2n) is 4.03. The van der Waals surface area contributed by atoms with Crippen LogP contribution in [0.4, 0.5) is 15.8 Å². The van der Waals surface area contributed by atoms with E-state index in [1.807, 2.05) is 0 Å². The van der Waals surface area contributed by atoms with Crippen molar-refractivity contribution in [2.24, 2.45) is 0 Å². The lowest BCUT2D eigenvalue weighted by Gasteiger charge is -2.04. The topological polar surface area (TPSA) is 94.6 Å². The van der Waals surface area contributed by atoms with Gasteiger partial charge >= 0.3 is 11.7 Å². The highest BCUT2D eigenvalue weighted by Gasteiger charge is 2.14. The number of halogens is 1. The van der Waals surface area contributed by atoms with E-state index >= 15 is 0 Å². The molecule has 2 aromatic rings. The number of hydrogen-bond donors (Lipinski definition) is 1. The van der Waals surface area contributed by atoms with Crippen LogP contribution in [-0.4, -0.2) is 18.0 Å². The van der Waals surface area contributed by atoms with Crippen LogP contribution in [0.15, 0.2) is 34.7 Å². The lowest BCUT2D eigenvalue weighted by Crippen LogP contribution is -2.01. The van der Waals surface area contributed by atoms with Gasteiger partial charge in [0.15, 0.2) is 0 Å². The van der Waals surface area contributed by atoms with E-state index in [2.05, 4.69) is 10.1 Å². The summed E-state index contributed by atoms with van der Waals surface area (Å²) in [6.07, 6.45) is 0. The standard InChI is InChI=1S/C13H11FN2O5/c1-20-13(17)12-5-3-9(21-12)7-15-8-2-4-11(16(18)19)10(14)6-8/h2-6,15H,7H2,1H3. The van der Waals surface area contributed by atoms with Gasteiger partial charge in [0.25, 0.3) is 0 Å². The lowest BCUT2D eigenvalue weighted by atomic mass is 10.2. The van der Waals surface area contributed by atoms with Crippen molar-refractivity contribution >= 4 is 17.3 Å². The normalized spacial score (nSPS) is 10.2. The number of carbonyl (C=O) groups excluding carboxylic acids is 1. The Bertz CT molecular complexity index is 683. The third kappa shape index (κ3) is 3.35. The monoisotopic (exact) mass is 294 g/mol. The Kier molecular flexibility index (Phi) is 4.17. The molecule has 7 nitrogen and oxygen atoms in total. The molecule has 8 heteroatoms. The van der Waals surface area contributed by atoms with Crippen LogP contribution in [0.25, 0.3) is 0 Å². The van der Waals surface area contributed by atoms with Gasteiger partial charge in [0.05, 0.1) is 18.6 Å². The molecule has 0 saturated carbocycles. The maximum atomic E-state index is 13.4. The zero-order chi connectivity index (χ0) is 15.4. The van der Waals surface area contributed by atoms with Crippen LogP contribution in [0.2, 0.25) is 0 Å². The van der Waals surface area contributed by atoms with E-state index in [9.17, 15) is 19.3 Å². The predicted molar refractivity (Wildman–Crippen MR) is 70.4 cm³/mol. The summed E-state index contributed by atoms with van der Waals surface area (Å²) < 4.78 is 23.1. The third-order valence-corrected chi connectivity index (χ3v) is 2.66. The molecule has 0 amide bonds. The van der Waals surface area contributed by atoms with Gasteiger partial charge in [0.1, 0.15) is 5.76 Å². The van der Waals surface area contributed by atoms with E-state index in [0.29, 0.717) is 11.4 Å². The van der Waals surface area contributed by atoms with E-state index in [0.717, 1.165) is 12.1 Å². The molecule has 1 aromatic heterocycles. The SMILES string of the molecule is COC(=O)c1ccc(CNc2ccc([N+](=O)[O-])c(F)c2)o1. The van der Waals surface area contributed by atoms with Crippen molar-refractivity contribution < 1.29 is 23.3 Å². The molecule has 0 spiro atoms. The number of carbonyl (C=O) groups is 1. The van der Waals surface area contributed by atoms with Gasteiger partial charge in [-0.3, -0.25) is 10.1 Å². The molecule has 110 valence electrons. The Morgan fingerprint density at radius 2 is 2.19 bits per heavy atom. The number of benzene rings is 1. The Balaban J connectivity index is 2.03. The first-order valence-electron chi connectivity index (χ1n) is 5.86. The van der Waals surface area contributed by atoms with Crippen molar-refractivity contribution in [2.75, 3.05) is 12.4 Å². The smallest absolute Gasteiger partial charge is 0.373 e. The third-order valence-electron chi connectivity index (χ3n) is 2.66. The summed E-state index contributed by atoms with van der Waals surface area (Å²) in [5.41, 5.74) is -0.236. The second-order valence-corrected chi connectivity index (χ2v) is 4.03. The number of ether oxygens (including phenoxy) is 1. The average molecular weight is 294 g/mol. The summed E-state index contributed by atoms with van der Waals surface area (Å²) in [7, 11) is 1.24. The number of rotatable bonds is 5. The van der Waals surface area contributed by atoms with Crippen molar-refractivity contribution in [3.8, 4) is 0 Å². The van der Waals surface area contributed by atoms with Crippen molar-refractivity contribution in [2.45, 2.75) is 6.54 Å². The minimum atomic E-state index is -0.931. The van der Waals surface area contributed by atoms with Gasteiger partial charge < -0.3 is 14.5 Å². The zero-order valence-corrected chi connectivity index (χ0v) is 11.0. The minimum Gasteiger partial charge on any atom is -0.463 e. The average Bonchev–Trinajstić information content (AvgIpc) is 2.92. The van der Waals surface area contributed by atoms with Crippen LogP contribution in [-0.2, 0) is 11.3 Å². The molecule has 1 aromatic carbocycles. The van der Waals surface area contributed by atoms with Crippen LogP contribution in [0.5, 0.6) is 0 Å². The summed E-state index contributed by atoms with van der Waals surface area (Å²) in [4.78, 5) is 20.9. The number of nitrogens with zero attached hydrogens (tertiary/aromatic N) is 1. The highest BCUT2D eigenvalue weighted by molar-refractivity contribution is 5.86. The molecule has 0 bridgehead atoms. The van der Waals surface area contributed by atoms with Crippen LogP contribution in [0.1, 0.15) is 16.3 Å². The molecular formula is C13H11FN2O5. The maximum Gasteiger partial charge on any atom is 0.373 e. The largest absolute Gasteiger partial charge is 0.463 e. The Hall–Kier alpha value is -2.90.